The lowest BCUT2D eigenvalue weighted by atomic mass is 9.95. The molecule has 0 fully saturated rings. The van der Waals surface area contributed by atoms with Crippen LogP contribution in [0.15, 0.2) is 95.4 Å². The maximum atomic E-state index is 6.34. The predicted octanol–water partition coefficient (Wildman–Crippen LogP) is 7.87. The van der Waals surface area contributed by atoms with Crippen molar-refractivity contribution in [1.29, 1.82) is 0 Å². The lowest BCUT2D eigenvalue weighted by Gasteiger charge is -2.08. The molecule has 0 radical (unpaired) electrons. The summed E-state index contributed by atoms with van der Waals surface area (Å²) in [6.07, 6.45) is 0. The van der Waals surface area contributed by atoms with Crippen LogP contribution >= 0.6 is 0 Å². The minimum atomic E-state index is 0.945. The van der Waals surface area contributed by atoms with Crippen LogP contribution in [0.5, 0.6) is 0 Å². The zero-order valence-corrected chi connectivity index (χ0v) is 15.6. The molecule has 0 atom stereocenters. The fraction of sp³-hybridized carbons (Fsp3) is 0.0370. The molecule has 0 amide bonds. The van der Waals surface area contributed by atoms with Gasteiger partial charge >= 0.3 is 0 Å². The molecule has 0 bridgehead atoms. The third-order valence-electron chi connectivity index (χ3n) is 5.69. The first-order valence-corrected chi connectivity index (χ1v) is 9.62. The molecule has 1 nitrogen and oxygen atoms in total. The number of hydrogen-bond donors (Lipinski definition) is 0. The van der Waals surface area contributed by atoms with Crippen molar-refractivity contribution in [1.82, 2.24) is 0 Å². The predicted molar refractivity (Wildman–Crippen MR) is 119 cm³/mol. The molecule has 0 saturated carbocycles. The Kier molecular flexibility index (Phi) is 3.15. The van der Waals surface area contributed by atoms with Gasteiger partial charge in [0, 0.05) is 16.2 Å². The maximum absolute atomic E-state index is 6.34. The third-order valence-corrected chi connectivity index (χ3v) is 5.69. The summed E-state index contributed by atoms with van der Waals surface area (Å²) in [5.41, 5.74) is 5.71. The van der Waals surface area contributed by atoms with Crippen LogP contribution in [-0.4, -0.2) is 0 Å². The van der Waals surface area contributed by atoms with E-state index in [-0.39, 0.29) is 0 Å². The molecule has 6 aromatic rings. The highest BCUT2D eigenvalue weighted by Crippen LogP contribution is 2.38. The van der Waals surface area contributed by atoms with Crippen molar-refractivity contribution in [2.24, 2.45) is 0 Å². The molecular formula is C27H18O. The molecule has 0 N–H and O–H groups in total. The van der Waals surface area contributed by atoms with E-state index in [0.717, 1.165) is 11.2 Å². The van der Waals surface area contributed by atoms with Crippen LogP contribution in [0, 0.1) is 6.92 Å². The molecule has 0 aliphatic heterocycles. The van der Waals surface area contributed by atoms with Crippen LogP contribution in [0.2, 0.25) is 0 Å². The molecule has 0 saturated heterocycles. The summed E-state index contributed by atoms with van der Waals surface area (Å²) >= 11 is 0. The summed E-state index contributed by atoms with van der Waals surface area (Å²) in [5.74, 6) is 0. The lowest BCUT2D eigenvalue weighted by molar-refractivity contribution is 0.673. The van der Waals surface area contributed by atoms with Crippen LogP contribution < -0.4 is 0 Å². The SMILES string of the molecule is Cc1cccc(-c2cccc3cc4oc5c6ccccc6ccc5c4cc23)c1. The van der Waals surface area contributed by atoms with E-state index >= 15 is 0 Å². The van der Waals surface area contributed by atoms with E-state index in [2.05, 4.69) is 97.9 Å². The van der Waals surface area contributed by atoms with Gasteiger partial charge in [-0.1, -0.05) is 78.4 Å². The van der Waals surface area contributed by atoms with Gasteiger partial charge in [0.1, 0.15) is 11.2 Å². The summed E-state index contributed by atoms with van der Waals surface area (Å²) < 4.78 is 6.34. The Morgan fingerprint density at radius 1 is 0.571 bits per heavy atom. The van der Waals surface area contributed by atoms with E-state index in [9.17, 15) is 0 Å². The fourth-order valence-electron chi connectivity index (χ4n) is 4.34. The van der Waals surface area contributed by atoms with Crippen molar-refractivity contribution >= 4 is 43.5 Å². The summed E-state index contributed by atoms with van der Waals surface area (Å²) in [4.78, 5) is 0. The normalized spacial score (nSPS) is 11.8. The summed E-state index contributed by atoms with van der Waals surface area (Å²) in [6.45, 7) is 2.14. The molecule has 0 unspecified atom stereocenters. The van der Waals surface area contributed by atoms with Crippen molar-refractivity contribution in [3.63, 3.8) is 0 Å². The van der Waals surface area contributed by atoms with Gasteiger partial charge in [0.2, 0.25) is 0 Å². The summed E-state index contributed by atoms with van der Waals surface area (Å²) in [7, 11) is 0. The Labute approximate surface area is 162 Å². The Morgan fingerprint density at radius 3 is 2.36 bits per heavy atom. The van der Waals surface area contributed by atoms with Crippen LogP contribution in [0.4, 0.5) is 0 Å². The number of aryl methyl sites for hydroxylation is 1. The lowest BCUT2D eigenvalue weighted by Crippen LogP contribution is -1.83. The molecule has 1 heteroatoms. The van der Waals surface area contributed by atoms with Crippen molar-refractivity contribution in [3.8, 4) is 11.1 Å². The fourth-order valence-corrected chi connectivity index (χ4v) is 4.34. The maximum Gasteiger partial charge on any atom is 0.143 e. The van der Waals surface area contributed by atoms with Crippen molar-refractivity contribution < 1.29 is 4.42 Å². The van der Waals surface area contributed by atoms with Crippen LogP contribution in [0.3, 0.4) is 0 Å². The quantitative estimate of drug-likeness (QED) is 0.291. The first-order chi connectivity index (χ1) is 13.8. The molecule has 0 aliphatic carbocycles. The zero-order chi connectivity index (χ0) is 18.7. The molecule has 1 aromatic heterocycles. The number of hydrogen-bond acceptors (Lipinski definition) is 1. The minimum Gasteiger partial charge on any atom is -0.455 e. The molecule has 132 valence electrons. The number of rotatable bonds is 1. The smallest absolute Gasteiger partial charge is 0.143 e. The van der Waals surface area contributed by atoms with E-state index in [0.29, 0.717) is 0 Å². The zero-order valence-electron chi connectivity index (χ0n) is 15.6. The van der Waals surface area contributed by atoms with Gasteiger partial charge in [-0.2, -0.15) is 0 Å². The highest BCUT2D eigenvalue weighted by atomic mass is 16.3. The molecule has 5 aromatic carbocycles. The average Bonchev–Trinajstić information content (AvgIpc) is 3.09. The molecule has 1 heterocycles. The van der Waals surface area contributed by atoms with E-state index in [4.69, 9.17) is 4.42 Å². The standard InChI is InChI=1S/C27H18O/c1-17-6-4-8-19(14-17)21-11-5-9-20-15-26-25(16-24(20)21)23-13-12-18-7-2-3-10-22(18)27(23)28-26/h2-16H,1H3. The Morgan fingerprint density at radius 2 is 1.43 bits per heavy atom. The summed E-state index contributed by atoms with van der Waals surface area (Å²) in [5, 5.41) is 7.19. The van der Waals surface area contributed by atoms with Gasteiger partial charge in [-0.25, -0.2) is 0 Å². The Hall–Kier alpha value is -3.58. The second-order valence-corrected chi connectivity index (χ2v) is 7.51. The molecular weight excluding hydrogens is 340 g/mol. The van der Waals surface area contributed by atoms with Crippen LogP contribution in [0.1, 0.15) is 5.56 Å². The van der Waals surface area contributed by atoms with Gasteiger partial charge in [-0.3, -0.25) is 0 Å². The van der Waals surface area contributed by atoms with Gasteiger partial charge in [0.05, 0.1) is 0 Å². The van der Waals surface area contributed by atoms with E-state index in [1.54, 1.807) is 0 Å². The molecule has 0 aliphatic rings. The monoisotopic (exact) mass is 358 g/mol. The second-order valence-electron chi connectivity index (χ2n) is 7.51. The Bertz CT molecular complexity index is 1520. The average molecular weight is 358 g/mol. The minimum absolute atomic E-state index is 0.945. The van der Waals surface area contributed by atoms with Crippen molar-refractivity contribution in [2.45, 2.75) is 6.92 Å². The second kappa shape index (κ2) is 5.71. The van der Waals surface area contributed by atoms with E-state index in [1.165, 1.54) is 49.0 Å². The number of benzene rings is 5. The van der Waals surface area contributed by atoms with Gasteiger partial charge in [0.25, 0.3) is 0 Å². The van der Waals surface area contributed by atoms with Crippen LogP contribution in [0.25, 0.3) is 54.6 Å². The molecule has 0 spiro atoms. The van der Waals surface area contributed by atoms with Gasteiger partial charge in [-0.05, 0) is 52.4 Å². The van der Waals surface area contributed by atoms with Gasteiger partial charge in [-0.15, -0.1) is 0 Å². The van der Waals surface area contributed by atoms with Crippen molar-refractivity contribution in [2.75, 3.05) is 0 Å². The third kappa shape index (κ3) is 2.20. The highest BCUT2D eigenvalue weighted by molar-refractivity contribution is 6.18. The van der Waals surface area contributed by atoms with Crippen LogP contribution in [-0.2, 0) is 0 Å². The first-order valence-electron chi connectivity index (χ1n) is 9.62. The summed E-state index contributed by atoms with van der Waals surface area (Å²) in [6, 6.07) is 32.5. The largest absolute Gasteiger partial charge is 0.455 e. The van der Waals surface area contributed by atoms with E-state index in [1.807, 2.05) is 0 Å². The van der Waals surface area contributed by atoms with Crippen molar-refractivity contribution in [3.05, 3.63) is 96.6 Å². The highest BCUT2D eigenvalue weighted by Gasteiger charge is 2.13. The van der Waals surface area contributed by atoms with Gasteiger partial charge < -0.3 is 4.42 Å². The molecule has 6 rings (SSSR count). The Balaban J connectivity index is 1.73. The van der Waals surface area contributed by atoms with E-state index < -0.39 is 0 Å². The number of fused-ring (bicyclic) bond motifs is 6. The van der Waals surface area contributed by atoms with Gasteiger partial charge in [0.15, 0.2) is 0 Å². The number of furan rings is 1. The molecule has 28 heavy (non-hydrogen) atoms. The topological polar surface area (TPSA) is 13.1 Å². The first kappa shape index (κ1) is 15.5.